The minimum absolute atomic E-state index is 0.0490. The lowest BCUT2D eigenvalue weighted by atomic mass is 9.71. The largest absolute Gasteiger partial charge is 0.394 e. The molecule has 8 heteroatoms. The Hall–Kier alpha value is -3.42. The van der Waals surface area contributed by atoms with Crippen LogP contribution in [0.25, 0.3) is 0 Å². The number of para-hydroxylation sites is 1. The van der Waals surface area contributed by atoms with Gasteiger partial charge in [0.15, 0.2) is 0 Å². The van der Waals surface area contributed by atoms with Gasteiger partial charge in [0.25, 0.3) is 5.91 Å². The number of carbonyl (C=O) groups is 2. The molecule has 7 nitrogen and oxygen atoms in total. The van der Waals surface area contributed by atoms with E-state index in [9.17, 15) is 14.7 Å². The third-order valence-electron chi connectivity index (χ3n) is 6.15. The van der Waals surface area contributed by atoms with Crippen molar-refractivity contribution in [2.75, 3.05) is 23.4 Å². The molecule has 0 saturated carbocycles. The molecule has 32 heavy (non-hydrogen) atoms. The first-order valence-corrected chi connectivity index (χ1v) is 10.7. The maximum Gasteiger partial charge on any atom is 0.326 e. The van der Waals surface area contributed by atoms with E-state index in [1.165, 1.54) is 6.20 Å². The van der Waals surface area contributed by atoms with Gasteiger partial charge in [0.2, 0.25) is 0 Å². The summed E-state index contributed by atoms with van der Waals surface area (Å²) in [5.41, 5.74) is 2.77. The van der Waals surface area contributed by atoms with E-state index in [2.05, 4.69) is 10.3 Å². The van der Waals surface area contributed by atoms with Crippen LogP contribution >= 0.6 is 11.6 Å². The highest BCUT2D eigenvalue weighted by atomic mass is 35.5. The molecular weight excluding hydrogens is 428 g/mol. The summed E-state index contributed by atoms with van der Waals surface area (Å²) in [7, 11) is 0. The molecule has 3 heterocycles. The second-order valence-electron chi connectivity index (χ2n) is 7.91. The monoisotopic (exact) mass is 448 g/mol. The number of likely N-dealkylation sites (tertiary alicyclic amines) is 1. The van der Waals surface area contributed by atoms with Crippen LogP contribution in [0.4, 0.5) is 16.2 Å². The van der Waals surface area contributed by atoms with Crippen molar-refractivity contribution in [3.63, 3.8) is 0 Å². The van der Waals surface area contributed by atoms with Crippen molar-refractivity contribution in [3.8, 4) is 0 Å². The molecule has 162 valence electrons. The Morgan fingerprint density at radius 3 is 2.72 bits per heavy atom. The zero-order valence-corrected chi connectivity index (χ0v) is 17.8. The van der Waals surface area contributed by atoms with Crippen molar-refractivity contribution in [3.05, 3.63) is 89.2 Å². The Morgan fingerprint density at radius 1 is 1.12 bits per heavy atom. The number of hydrogen-bond acceptors (Lipinski definition) is 4. The molecule has 1 fully saturated rings. The predicted molar refractivity (Wildman–Crippen MR) is 122 cm³/mol. The predicted octanol–water partition coefficient (Wildman–Crippen LogP) is 3.76. The van der Waals surface area contributed by atoms with Crippen LogP contribution in [0.5, 0.6) is 0 Å². The van der Waals surface area contributed by atoms with Crippen molar-refractivity contribution in [2.24, 2.45) is 0 Å². The van der Waals surface area contributed by atoms with E-state index in [-0.39, 0.29) is 36.5 Å². The zero-order valence-electron chi connectivity index (χ0n) is 17.1. The number of nitrogens with one attached hydrogen (secondary N) is 1. The first kappa shape index (κ1) is 20.5. The molecule has 2 N–H and O–H groups in total. The number of aromatic nitrogens is 1. The summed E-state index contributed by atoms with van der Waals surface area (Å²) >= 11 is 6.05. The average molecular weight is 449 g/mol. The summed E-state index contributed by atoms with van der Waals surface area (Å²) in [5, 5.41) is 13.5. The van der Waals surface area contributed by atoms with Gasteiger partial charge < -0.3 is 15.3 Å². The fourth-order valence-corrected chi connectivity index (χ4v) is 4.94. The molecule has 2 aromatic carbocycles. The van der Waals surface area contributed by atoms with Gasteiger partial charge in [-0.1, -0.05) is 35.9 Å². The molecule has 0 unspecified atom stereocenters. The van der Waals surface area contributed by atoms with Crippen molar-refractivity contribution >= 4 is 34.9 Å². The third kappa shape index (κ3) is 3.39. The van der Waals surface area contributed by atoms with Gasteiger partial charge in [0.1, 0.15) is 0 Å². The van der Waals surface area contributed by atoms with Crippen LogP contribution in [-0.2, 0) is 0 Å². The lowest BCUT2D eigenvalue weighted by molar-refractivity contribution is -0.0241. The van der Waals surface area contributed by atoms with Crippen LogP contribution in [0.1, 0.15) is 21.8 Å². The number of carbonyl (C=O) groups excluding carboxylic acids is 2. The molecule has 0 bridgehead atoms. The first-order valence-electron chi connectivity index (χ1n) is 10.3. The van der Waals surface area contributed by atoms with Gasteiger partial charge in [-0.05, 0) is 42.0 Å². The zero-order chi connectivity index (χ0) is 22.2. The number of benzene rings is 2. The molecule has 0 radical (unpaired) electrons. The van der Waals surface area contributed by atoms with Gasteiger partial charge in [0, 0.05) is 41.3 Å². The first-order chi connectivity index (χ1) is 15.6. The van der Waals surface area contributed by atoms with Gasteiger partial charge in [0.05, 0.1) is 24.3 Å². The second kappa shape index (κ2) is 8.26. The summed E-state index contributed by atoms with van der Waals surface area (Å²) < 4.78 is 0. The van der Waals surface area contributed by atoms with Crippen LogP contribution in [0.15, 0.2) is 73.1 Å². The molecule has 3 amide bonds. The van der Waals surface area contributed by atoms with E-state index in [1.54, 1.807) is 52.4 Å². The minimum atomic E-state index is -0.355. The number of hydrogen-bond donors (Lipinski definition) is 2. The molecule has 1 aromatic heterocycles. The van der Waals surface area contributed by atoms with E-state index in [4.69, 9.17) is 11.6 Å². The van der Waals surface area contributed by atoms with Crippen molar-refractivity contribution in [1.82, 2.24) is 9.88 Å². The highest BCUT2D eigenvalue weighted by molar-refractivity contribution is 6.30. The maximum atomic E-state index is 13.2. The van der Waals surface area contributed by atoms with Gasteiger partial charge in [-0.3, -0.25) is 14.7 Å². The number of rotatable bonds is 3. The van der Waals surface area contributed by atoms with Gasteiger partial charge >= 0.3 is 6.03 Å². The number of fused-ring (bicyclic) bond motifs is 3. The van der Waals surface area contributed by atoms with Crippen molar-refractivity contribution in [1.29, 1.82) is 0 Å². The number of pyridine rings is 1. The summed E-state index contributed by atoms with van der Waals surface area (Å²) in [4.78, 5) is 33.8. The highest BCUT2D eigenvalue weighted by Gasteiger charge is 2.55. The smallest absolute Gasteiger partial charge is 0.326 e. The van der Waals surface area contributed by atoms with Gasteiger partial charge in [-0.15, -0.1) is 0 Å². The molecular formula is C24H21ClN4O3. The normalized spacial score (nSPS) is 21.2. The molecule has 0 spiro atoms. The second-order valence-corrected chi connectivity index (χ2v) is 8.34. The number of anilines is 2. The fourth-order valence-electron chi connectivity index (χ4n) is 4.75. The Morgan fingerprint density at radius 2 is 1.97 bits per heavy atom. The maximum absolute atomic E-state index is 13.2. The number of aliphatic hydroxyl groups is 1. The van der Waals surface area contributed by atoms with Crippen LogP contribution in [-0.4, -0.2) is 52.2 Å². The lowest BCUT2D eigenvalue weighted by Crippen LogP contribution is -2.71. The number of aliphatic hydroxyl groups excluding tert-OH is 1. The molecule has 3 atom stereocenters. The molecule has 5 rings (SSSR count). The molecule has 2 aliphatic heterocycles. The van der Waals surface area contributed by atoms with Gasteiger partial charge in [-0.25, -0.2) is 4.79 Å². The number of amides is 3. The summed E-state index contributed by atoms with van der Waals surface area (Å²) in [5.74, 6) is -0.250. The van der Waals surface area contributed by atoms with E-state index in [0.717, 1.165) is 11.3 Å². The molecule has 1 saturated heterocycles. The Labute approximate surface area is 190 Å². The Bertz CT molecular complexity index is 1170. The summed E-state index contributed by atoms with van der Waals surface area (Å²) in [6.07, 6.45) is 3.13. The van der Waals surface area contributed by atoms with Crippen LogP contribution < -0.4 is 10.2 Å². The summed E-state index contributed by atoms with van der Waals surface area (Å²) in [6, 6.07) is 17.1. The van der Waals surface area contributed by atoms with Crippen LogP contribution in [0, 0.1) is 0 Å². The van der Waals surface area contributed by atoms with Crippen LogP contribution in [0.2, 0.25) is 5.02 Å². The van der Waals surface area contributed by atoms with Crippen LogP contribution in [0.3, 0.4) is 0 Å². The number of nitrogens with zero attached hydrogens (tertiary/aromatic N) is 3. The highest BCUT2D eigenvalue weighted by Crippen LogP contribution is 2.48. The Kier molecular flexibility index (Phi) is 5.28. The molecule has 0 aliphatic carbocycles. The molecule has 3 aromatic rings. The number of halogens is 1. The van der Waals surface area contributed by atoms with Crippen molar-refractivity contribution < 1.29 is 14.7 Å². The quantitative estimate of drug-likeness (QED) is 0.639. The molecule has 2 aliphatic rings. The van der Waals surface area contributed by atoms with E-state index < -0.39 is 0 Å². The average Bonchev–Trinajstić information content (AvgIpc) is 2.80. The lowest BCUT2D eigenvalue weighted by Gasteiger charge is -2.58. The summed E-state index contributed by atoms with van der Waals surface area (Å²) in [6.45, 7) is 0.160. The van der Waals surface area contributed by atoms with Crippen molar-refractivity contribution in [2.45, 2.75) is 18.0 Å². The van der Waals surface area contributed by atoms with E-state index in [1.807, 2.05) is 24.3 Å². The van der Waals surface area contributed by atoms with Gasteiger partial charge in [-0.2, -0.15) is 0 Å². The Balaban J connectivity index is 1.47. The minimum Gasteiger partial charge on any atom is -0.394 e. The topological polar surface area (TPSA) is 85.8 Å². The van der Waals surface area contributed by atoms with E-state index in [0.29, 0.717) is 22.8 Å². The van der Waals surface area contributed by atoms with E-state index >= 15 is 0 Å². The standard InChI is InChI=1S/C24H21ClN4O3/c25-16-6-3-7-17(11-16)27-24(32)28-13-20-22(18-8-1-2-9-19(18)28)21(14-30)29(20)23(31)15-5-4-10-26-12-15/h1-12,20-22,30H,13-14H2,(H,27,32)/t20-,21-,22+/m0/s1. The fraction of sp³-hybridized carbons (Fsp3) is 0.208. The third-order valence-corrected chi connectivity index (χ3v) is 6.39. The number of urea groups is 1. The SMILES string of the molecule is O=C(Nc1cccc(Cl)c1)N1C[C@H]2[C@@H](c3ccccc31)[C@H](CO)N2C(=O)c1cccnc1.